The molecule has 1 aromatic carbocycles. The van der Waals surface area contributed by atoms with Crippen molar-refractivity contribution in [3.8, 4) is 0 Å². The van der Waals surface area contributed by atoms with Crippen molar-refractivity contribution in [2.24, 2.45) is 0 Å². The van der Waals surface area contributed by atoms with Crippen LogP contribution in [-0.2, 0) is 4.74 Å². The van der Waals surface area contributed by atoms with Crippen LogP contribution in [0.1, 0.15) is 52.1 Å². The molecular weight excluding hydrogens is 345 g/mol. The van der Waals surface area contributed by atoms with Crippen LogP contribution < -0.4 is 5.32 Å². The zero-order valence-corrected chi connectivity index (χ0v) is 15.6. The van der Waals surface area contributed by atoms with Gasteiger partial charge in [-0.1, -0.05) is 30.3 Å². The maximum atomic E-state index is 13.2. The number of amides is 1. The first-order valence-electron chi connectivity index (χ1n) is 8.85. The number of hydrogen-bond acceptors (Lipinski definition) is 3. The topological polar surface area (TPSA) is 41.6 Å². The maximum absolute atomic E-state index is 13.2. The van der Waals surface area contributed by atoms with E-state index >= 15 is 0 Å². The molecule has 0 bridgehead atoms. The summed E-state index contributed by atoms with van der Waals surface area (Å²) in [6.45, 7) is 7.27. The number of carbonyl (C=O) groups excluding carboxylic acids is 1. The van der Waals surface area contributed by atoms with Crippen molar-refractivity contribution in [1.82, 2.24) is 10.2 Å². The van der Waals surface area contributed by atoms with Gasteiger partial charge in [-0.15, -0.1) is 0 Å². The predicted molar refractivity (Wildman–Crippen MR) is 93.8 cm³/mol. The van der Waals surface area contributed by atoms with Crippen LogP contribution in [0.2, 0.25) is 0 Å². The summed E-state index contributed by atoms with van der Waals surface area (Å²) in [6, 6.07) is 6.73. The highest BCUT2D eigenvalue weighted by molar-refractivity contribution is 5.69. The van der Waals surface area contributed by atoms with Crippen LogP contribution >= 0.6 is 0 Å². The predicted octanol–water partition coefficient (Wildman–Crippen LogP) is 4.67. The molecule has 7 heteroatoms. The van der Waals surface area contributed by atoms with E-state index in [1.807, 2.05) is 37.3 Å². The van der Waals surface area contributed by atoms with Gasteiger partial charge in [0.1, 0.15) is 11.6 Å². The average molecular weight is 372 g/mol. The SMILES string of the molecule is C[C@H](c1ccccc1)N(C(=O)OC(C)(C)C)[C@H]1CCN[C@H](C(F)(F)F)C1. The number of piperidine rings is 1. The number of benzene rings is 1. The fourth-order valence-electron chi connectivity index (χ4n) is 3.23. The Hall–Kier alpha value is -1.76. The Morgan fingerprint density at radius 1 is 1.23 bits per heavy atom. The fourth-order valence-corrected chi connectivity index (χ4v) is 3.23. The lowest BCUT2D eigenvalue weighted by molar-refractivity contribution is -0.165. The Bertz CT molecular complexity index is 599. The monoisotopic (exact) mass is 372 g/mol. The molecule has 26 heavy (non-hydrogen) atoms. The van der Waals surface area contributed by atoms with Crippen LogP contribution in [0.25, 0.3) is 0 Å². The van der Waals surface area contributed by atoms with E-state index in [1.165, 1.54) is 4.90 Å². The van der Waals surface area contributed by atoms with Gasteiger partial charge in [-0.2, -0.15) is 13.2 Å². The lowest BCUT2D eigenvalue weighted by atomic mass is 9.95. The second-order valence-electron chi connectivity index (χ2n) is 7.70. The molecule has 1 fully saturated rings. The molecule has 1 heterocycles. The van der Waals surface area contributed by atoms with Crippen molar-refractivity contribution in [3.63, 3.8) is 0 Å². The summed E-state index contributed by atoms with van der Waals surface area (Å²) < 4.78 is 45.0. The first-order valence-corrected chi connectivity index (χ1v) is 8.85. The number of nitrogens with zero attached hydrogens (tertiary/aromatic N) is 1. The molecule has 4 nitrogen and oxygen atoms in total. The normalized spacial score (nSPS) is 22.6. The van der Waals surface area contributed by atoms with Crippen LogP contribution in [0.3, 0.4) is 0 Å². The largest absolute Gasteiger partial charge is 0.444 e. The summed E-state index contributed by atoms with van der Waals surface area (Å²) in [5, 5.41) is 2.51. The number of nitrogens with one attached hydrogen (secondary N) is 1. The van der Waals surface area contributed by atoms with Gasteiger partial charge in [0.25, 0.3) is 0 Å². The van der Waals surface area contributed by atoms with Crippen LogP contribution in [0.5, 0.6) is 0 Å². The molecule has 1 aliphatic heterocycles. The van der Waals surface area contributed by atoms with Gasteiger partial charge in [-0.05, 0) is 52.6 Å². The minimum absolute atomic E-state index is 0.181. The van der Waals surface area contributed by atoms with Crippen molar-refractivity contribution in [3.05, 3.63) is 35.9 Å². The minimum Gasteiger partial charge on any atom is -0.444 e. The molecule has 0 aromatic heterocycles. The molecule has 3 atom stereocenters. The first kappa shape index (κ1) is 20.6. The van der Waals surface area contributed by atoms with Gasteiger partial charge in [0.2, 0.25) is 0 Å². The van der Waals surface area contributed by atoms with Gasteiger partial charge >= 0.3 is 12.3 Å². The summed E-state index contributed by atoms with van der Waals surface area (Å²) in [5.41, 5.74) is 0.141. The maximum Gasteiger partial charge on any atom is 0.411 e. The molecular formula is C19H27F3N2O2. The Morgan fingerprint density at radius 3 is 2.38 bits per heavy atom. The zero-order chi connectivity index (χ0) is 19.5. The molecule has 1 amide bonds. The Morgan fingerprint density at radius 2 is 1.85 bits per heavy atom. The van der Waals surface area contributed by atoms with Crippen LogP contribution in [-0.4, -0.2) is 41.4 Å². The number of hydrogen-bond donors (Lipinski definition) is 1. The molecule has 1 N–H and O–H groups in total. The summed E-state index contributed by atoms with van der Waals surface area (Å²) in [7, 11) is 0. The highest BCUT2D eigenvalue weighted by Crippen LogP contribution is 2.33. The average Bonchev–Trinajstić information content (AvgIpc) is 2.53. The molecule has 0 radical (unpaired) electrons. The third-order valence-electron chi connectivity index (χ3n) is 4.47. The standard InChI is InChI=1S/C19H27F3N2O2/c1-13(14-8-6-5-7-9-14)24(17(25)26-18(2,3)4)15-10-11-23-16(12-15)19(20,21)22/h5-9,13,15-16,23H,10-12H2,1-4H3/t13-,15+,16+/m1/s1. The molecule has 0 saturated carbocycles. The molecule has 0 spiro atoms. The van der Waals surface area contributed by atoms with Crippen LogP contribution in [0.15, 0.2) is 30.3 Å². The van der Waals surface area contributed by atoms with E-state index in [0.29, 0.717) is 6.42 Å². The van der Waals surface area contributed by atoms with Gasteiger partial charge in [0, 0.05) is 6.04 Å². The first-order chi connectivity index (χ1) is 12.0. The molecule has 1 aliphatic rings. The second-order valence-corrected chi connectivity index (χ2v) is 7.70. The van der Waals surface area contributed by atoms with E-state index < -0.39 is 30.0 Å². The van der Waals surface area contributed by atoms with Crippen molar-refractivity contribution in [2.75, 3.05) is 6.54 Å². The number of carbonyl (C=O) groups is 1. The molecule has 146 valence electrons. The molecule has 1 aromatic rings. The Labute approximate surface area is 152 Å². The third kappa shape index (κ3) is 5.37. The number of halogens is 3. The highest BCUT2D eigenvalue weighted by Gasteiger charge is 2.45. The number of ether oxygens (including phenoxy) is 1. The fraction of sp³-hybridized carbons (Fsp3) is 0.632. The number of alkyl halides is 3. The summed E-state index contributed by atoms with van der Waals surface area (Å²) in [6.07, 6.45) is -4.65. The van der Waals surface area contributed by atoms with E-state index in [9.17, 15) is 18.0 Å². The third-order valence-corrected chi connectivity index (χ3v) is 4.47. The highest BCUT2D eigenvalue weighted by atomic mass is 19.4. The van der Waals surface area contributed by atoms with Crippen molar-refractivity contribution >= 4 is 6.09 Å². The van der Waals surface area contributed by atoms with Gasteiger partial charge in [-0.3, -0.25) is 4.90 Å². The zero-order valence-electron chi connectivity index (χ0n) is 15.6. The van der Waals surface area contributed by atoms with Crippen molar-refractivity contribution in [1.29, 1.82) is 0 Å². The summed E-state index contributed by atoms with van der Waals surface area (Å²) in [5.74, 6) is 0. The lowest BCUT2D eigenvalue weighted by Crippen LogP contribution is -2.55. The van der Waals surface area contributed by atoms with E-state index in [0.717, 1.165) is 5.56 Å². The quantitative estimate of drug-likeness (QED) is 0.838. The van der Waals surface area contributed by atoms with Gasteiger partial charge < -0.3 is 10.1 Å². The Balaban J connectivity index is 2.29. The second kappa shape index (κ2) is 7.86. The van der Waals surface area contributed by atoms with E-state index in [-0.39, 0.29) is 19.0 Å². The lowest BCUT2D eigenvalue weighted by Gasteiger charge is -2.42. The minimum atomic E-state index is -4.34. The van der Waals surface area contributed by atoms with Gasteiger partial charge in [-0.25, -0.2) is 4.79 Å². The molecule has 1 saturated heterocycles. The van der Waals surface area contributed by atoms with Crippen molar-refractivity contribution < 1.29 is 22.7 Å². The molecule has 0 unspecified atom stereocenters. The molecule has 0 aliphatic carbocycles. The molecule has 2 rings (SSSR count). The van der Waals surface area contributed by atoms with E-state index in [2.05, 4.69) is 5.32 Å². The number of rotatable bonds is 3. The van der Waals surface area contributed by atoms with E-state index in [1.54, 1.807) is 20.8 Å². The smallest absolute Gasteiger partial charge is 0.411 e. The summed E-state index contributed by atoms with van der Waals surface area (Å²) in [4.78, 5) is 14.3. The van der Waals surface area contributed by atoms with Gasteiger partial charge in [0.15, 0.2) is 0 Å². The van der Waals surface area contributed by atoms with Crippen LogP contribution in [0.4, 0.5) is 18.0 Å². The van der Waals surface area contributed by atoms with Gasteiger partial charge in [0.05, 0.1) is 6.04 Å². The Kier molecular flexibility index (Phi) is 6.21. The van der Waals surface area contributed by atoms with Crippen molar-refractivity contribution in [2.45, 2.75) is 70.4 Å². The summed E-state index contributed by atoms with van der Waals surface area (Å²) >= 11 is 0. The van der Waals surface area contributed by atoms with E-state index in [4.69, 9.17) is 4.74 Å². The van der Waals surface area contributed by atoms with Crippen LogP contribution in [0, 0.1) is 0 Å².